The lowest BCUT2D eigenvalue weighted by Crippen LogP contribution is -2.18. The lowest BCUT2D eigenvalue weighted by Gasteiger charge is -2.17. The van der Waals surface area contributed by atoms with Gasteiger partial charge in [0.2, 0.25) is 0 Å². The minimum absolute atomic E-state index is 0.168. The molecule has 0 saturated carbocycles. The second kappa shape index (κ2) is 7.16. The molecule has 1 aromatic heterocycles. The van der Waals surface area contributed by atoms with Gasteiger partial charge < -0.3 is 10.4 Å². The van der Waals surface area contributed by atoms with Crippen molar-refractivity contribution >= 4 is 33.0 Å². The van der Waals surface area contributed by atoms with Crippen molar-refractivity contribution in [3.05, 3.63) is 39.5 Å². The van der Waals surface area contributed by atoms with Gasteiger partial charge in [0.15, 0.2) is 9.92 Å². The number of benzene rings is 1. The minimum Gasteiger partial charge on any atom is -0.383 e. The van der Waals surface area contributed by atoms with Gasteiger partial charge in [0.25, 0.3) is 0 Å². The molecule has 7 nitrogen and oxygen atoms in total. The summed E-state index contributed by atoms with van der Waals surface area (Å²) in [6.07, 6.45) is 6.40. The standard InChI is InChI=1S/C20H26N4O3S2/c1-11-7-8-13-9-12-5-4-6-14(12)17(16(11)13)23-19(25)24-29(21,27)15-10-22-18(28-15)20(2,3)26/h9-11,26H,4-8H2,1-3H3,(H3,21,23,24,25,27)/t11-,29?/m1/s1. The van der Waals surface area contributed by atoms with Crippen LogP contribution in [0.1, 0.15) is 66.8 Å². The quantitative estimate of drug-likeness (QED) is 0.680. The van der Waals surface area contributed by atoms with Crippen molar-refractivity contribution in [2.45, 2.75) is 68.6 Å². The van der Waals surface area contributed by atoms with E-state index in [-0.39, 0.29) is 4.21 Å². The SMILES string of the molecule is C[C@@H]1CCc2cc3c(c(NC(=O)N=S(N)(=O)c4cnc(C(C)(C)O)s4)c21)CCC3. The second-order valence-electron chi connectivity index (χ2n) is 8.39. The molecule has 1 aromatic carbocycles. The lowest BCUT2D eigenvalue weighted by atomic mass is 9.95. The largest absolute Gasteiger partial charge is 0.383 e. The summed E-state index contributed by atoms with van der Waals surface area (Å²) in [5.41, 5.74) is 4.59. The Balaban J connectivity index is 1.67. The van der Waals surface area contributed by atoms with Gasteiger partial charge in [0, 0.05) is 5.69 Å². The summed E-state index contributed by atoms with van der Waals surface area (Å²) in [5, 5.41) is 19.2. The molecule has 29 heavy (non-hydrogen) atoms. The summed E-state index contributed by atoms with van der Waals surface area (Å²) in [6, 6.07) is 1.58. The average Bonchev–Trinajstić information content (AvgIpc) is 3.33. The molecular weight excluding hydrogens is 408 g/mol. The number of hydrogen-bond acceptors (Lipinski definition) is 5. The highest BCUT2D eigenvalue weighted by Gasteiger charge is 2.29. The second-order valence-corrected chi connectivity index (χ2v) is 11.4. The predicted molar refractivity (Wildman–Crippen MR) is 115 cm³/mol. The number of fused-ring (bicyclic) bond motifs is 2. The summed E-state index contributed by atoms with van der Waals surface area (Å²) in [6.45, 7) is 5.33. The Hall–Kier alpha value is -1.81. The molecule has 0 spiro atoms. The van der Waals surface area contributed by atoms with Gasteiger partial charge in [-0.05, 0) is 74.1 Å². The molecule has 2 amide bonds. The van der Waals surface area contributed by atoms with Crippen molar-refractivity contribution < 1.29 is 14.1 Å². The third-order valence-electron chi connectivity index (χ3n) is 5.61. The highest BCUT2D eigenvalue weighted by molar-refractivity contribution is 7.93. The Morgan fingerprint density at radius 1 is 1.38 bits per heavy atom. The van der Waals surface area contributed by atoms with Crippen LogP contribution in [0.4, 0.5) is 10.5 Å². The molecule has 0 bridgehead atoms. The lowest BCUT2D eigenvalue weighted by molar-refractivity contribution is 0.0783. The number of nitrogens with two attached hydrogens (primary N) is 1. The van der Waals surface area contributed by atoms with Crippen LogP contribution in [0.15, 0.2) is 20.8 Å². The van der Waals surface area contributed by atoms with Gasteiger partial charge in [-0.25, -0.2) is 19.1 Å². The fourth-order valence-corrected chi connectivity index (χ4v) is 6.29. The van der Waals surface area contributed by atoms with Crippen LogP contribution in [0.25, 0.3) is 0 Å². The highest BCUT2D eigenvalue weighted by atomic mass is 32.2. The zero-order valence-electron chi connectivity index (χ0n) is 16.8. The molecule has 0 aliphatic heterocycles. The fourth-order valence-electron chi connectivity index (χ4n) is 4.23. The summed E-state index contributed by atoms with van der Waals surface area (Å²) >= 11 is 1.00. The Bertz CT molecular complexity index is 1110. The van der Waals surface area contributed by atoms with Crippen LogP contribution in [-0.2, 0) is 34.8 Å². The van der Waals surface area contributed by atoms with E-state index in [2.05, 4.69) is 27.7 Å². The zero-order valence-corrected chi connectivity index (χ0v) is 18.5. The third-order valence-corrected chi connectivity index (χ3v) is 8.80. The van der Waals surface area contributed by atoms with Crippen molar-refractivity contribution in [3.8, 4) is 0 Å². The van der Waals surface area contributed by atoms with E-state index in [9.17, 15) is 14.1 Å². The average molecular weight is 435 g/mol. The molecule has 0 fully saturated rings. The summed E-state index contributed by atoms with van der Waals surface area (Å²) in [5.74, 6) is 0.365. The van der Waals surface area contributed by atoms with Gasteiger partial charge in [-0.2, -0.15) is 0 Å². The first-order valence-corrected chi connectivity index (χ1v) is 12.2. The van der Waals surface area contributed by atoms with Crippen molar-refractivity contribution in [2.24, 2.45) is 9.50 Å². The number of carbonyl (C=O) groups is 1. The van der Waals surface area contributed by atoms with Crippen LogP contribution < -0.4 is 10.5 Å². The van der Waals surface area contributed by atoms with Crippen LogP contribution in [0, 0.1) is 0 Å². The number of nitrogens with one attached hydrogen (secondary N) is 1. The summed E-state index contributed by atoms with van der Waals surface area (Å²) in [4.78, 5) is 16.8. The molecule has 1 heterocycles. The van der Waals surface area contributed by atoms with Crippen molar-refractivity contribution in [2.75, 3.05) is 5.32 Å². The molecule has 0 saturated heterocycles. The van der Waals surface area contributed by atoms with Crippen LogP contribution in [-0.4, -0.2) is 20.3 Å². The van der Waals surface area contributed by atoms with E-state index in [0.717, 1.165) is 49.1 Å². The smallest absolute Gasteiger partial charge is 0.354 e. The first kappa shape index (κ1) is 20.5. The maximum atomic E-state index is 12.9. The van der Waals surface area contributed by atoms with Gasteiger partial charge in [-0.15, -0.1) is 15.7 Å². The Morgan fingerprint density at radius 3 is 2.83 bits per heavy atom. The number of aliphatic hydroxyl groups is 1. The number of amides is 2. The van der Waals surface area contributed by atoms with Gasteiger partial charge in [0.05, 0.1) is 6.20 Å². The number of aromatic nitrogens is 1. The van der Waals surface area contributed by atoms with Crippen LogP contribution in [0.3, 0.4) is 0 Å². The van der Waals surface area contributed by atoms with E-state index in [4.69, 9.17) is 5.14 Å². The van der Waals surface area contributed by atoms with Crippen LogP contribution in [0.2, 0.25) is 0 Å². The molecular formula is C20H26N4O3S2. The number of hydrogen-bond donors (Lipinski definition) is 3. The van der Waals surface area contributed by atoms with E-state index in [1.807, 2.05) is 0 Å². The van der Waals surface area contributed by atoms with Gasteiger partial charge >= 0.3 is 6.03 Å². The number of urea groups is 1. The maximum Gasteiger partial charge on any atom is 0.354 e. The number of aryl methyl sites for hydroxylation is 2. The molecule has 9 heteroatoms. The zero-order chi connectivity index (χ0) is 21.0. The molecule has 2 aromatic rings. The third kappa shape index (κ3) is 3.84. The molecule has 2 aliphatic carbocycles. The van der Waals surface area contributed by atoms with Gasteiger partial charge in [-0.1, -0.05) is 13.0 Å². The monoisotopic (exact) mass is 434 g/mol. The van der Waals surface area contributed by atoms with Crippen molar-refractivity contribution in [3.63, 3.8) is 0 Å². The first-order valence-electron chi connectivity index (χ1n) is 9.78. The number of thiazole rings is 1. The van der Waals surface area contributed by atoms with E-state index in [1.54, 1.807) is 13.8 Å². The van der Waals surface area contributed by atoms with Gasteiger partial charge in [0.1, 0.15) is 14.8 Å². The minimum atomic E-state index is -3.45. The molecule has 4 N–H and O–H groups in total. The highest BCUT2D eigenvalue weighted by Crippen LogP contribution is 2.44. The number of rotatable bonds is 3. The van der Waals surface area contributed by atoms with Crippen LogP contribution in [0.5, 0.6) is 0 Å². The summed E-state index contributed by atoms with van der Waals surface area (Å²) < 4.78 is 16.9. The number of carbonyl (C=O) groups excluding carboxylic acids is 1. The summed E-state index contributed by atoms with van der Waals surface area (Å²) in [7, 11) is -3.45. The van der Waals surface area contributed by atoms with Crippen molar-refractivity contribution in [1.82, 2.24) is 4.98 Å². The molecule has 156 valence electrons. The van der Waals surface area contributed by atoms with E-state index in [0.29, 0.717) is 10.9 Å². The number of nitrogens with zero attached hydrogens (tertiary/aromatic N) is 2. The predicted octanol–water partition coefficient (Wildman–Crippen LogP) is 3.84. The molecule has 2 aliphatic rings. The molecule has 4 rings (SSSR count). The Kier molecular flexibility index (Phi) is 5.05. The normalized spacial score (nSPS) is 20.1. The Morgan fingerprint density at radius 2 is 2.14 bits per heavy atom. The topological polar surface area (TPSA) is 118 Å². The fraction of sp³-hybridized carbons (Fsp3) is 0.500. The van der Waals surface area contributed by atoms with Crippen molar-refractivity contribution in [1.29, 1.82) is 0 Å². The molecule has 2 atom stereocenters. The Labute approximate surface area is 175 Å². The first-order chi connectivity index (χ1) is 13.6. The number of anilines is 1. The molecule has 1 unspecified atom stereocenters. The van der Waals surface area contributed by atoms with Crippen LogP contribution >= 0.6 is 11.3 Å². The van der Waals surface area contributed by atoms with E-state index in [1.165, 1.54) is 28.5 Å². The maximum absolute atomic E-state index is 12.9. The van der Waals surface area contributed by atoms with E-state index < -0.39 is 21.5 Å². The molecule has 0 radical (unpaired) electrons. The van der Waals surface area contributed by atoms with Gasteiger partial charge in [-0.3, -0.25) is 0 Å². The van der Waals surface area contributed by atoms with E-state index >= 15 is 0 Å².